The second-order valence-corrected chi connectivity index (χ2v) is 8.48. The molecule has 6 nitrogen and oxygen atoms in total. The highest BCUT2D eigenvalue weighted by atomic mass is 79.9. The summed E-state index contributed by atoms with van der Waals surface area (Å²) in [4.78, 5) is 25.3. The molecule has 0 saturated carbocycles. The number of hydrogen-bond acceptors (Lipinski definition) is 4. The molecule has 1 aliphatic heterocycles. The summed E-state index contributed by atoms with van der Waals surface area (Å²) >= 11 is 9.92. The van der Waals surface area contributed by atoms with Crippen LogP contribution in [0.1, 0.15) is 18.1 Å². The highest BCUT2D eigenvalue weighted by molar-refractivity contribution is 9.10. The molecule has 0 spiro atoms. The Morgan fingerprint density at radius 3 is 2.45 bits per heavy atom. The molecular weight excluding hydrogens is 508 g/mol. The molecule has 2 amide bonds. The number of benzene rings is 3. The van der Waals surface area contributed by atoms with Gasteiger partial charge in [-0.05, 0) is 60.5 Å². The maximum atomic E-state index is 12.8. The quantitative estimate of drug-likeness (QED) is 0.324. The summed E-state index contributed by atoms with van der Waals surface area (Å²) in [5.41, 5.74) is 4.68. The van der Waals surface area contributed by atoms with Crippen molar-refractivity contribution in [3.8, 4) is 11.5 Å². The Bertz CT molecular complexity index is 1210. The van der Waals surface area contributed by atoms with Crippen LogP contribution in [-0.2, 0) is 16.2 Å². The van der Waals surface area contributed by atoms with Crippen LogP contribution >= 0.6 is 27.5 Å². The number of halogens is 2. The molecule has 1 fully saturated rings. The highest BCUT2D eigenvalue weighted by Crippen LogP contribution is 2.38. The summed E-state index contributed by atoms with van der Waals surface area (Å²) in [6, 6.07) is 20.0. The van der Waals surface area contributed by atoms with Crippen LogP contribution in [0.2, 0.25) is 5.02 Å². The number of ether oxygens (including phenoxy) is 2. The zero-order chi connectivity index (χ0) is 23.4. The zero-order valence-electron chi connectivity index (χ0n) is 17.7. The van der Waals surface area contributed by atoms with Crippen molar-refractivity contribution in [1.29, 1.82) is 0 Å². The molecule has 168 valence electrons. The molecule has 0 aromatic heterocycles. The summed E-state index contributed by atoms with van der Waals surface area (Å²) in [7, 11) is 0. The first-order valence-corrected chi connectivity index (χ1v) is 11.4. The van der Waals surface area contributed by atoms with E-state index in [0.717, 1.165) is 10.0 Å². The van der Waals surface area contributed by atoms with Crippen LogP contribution in [0.5, 0.6) is 11.5 Å². The van der Waals surface area contributed by atoms with Gasteiger partial charge in [0, 0.05) is 4.47 Å². The van der Waals surface area contributed by atoms with Gasteiger partial charge in [0.15, 0.2) is 11.5 Å². The molecule has 0 atom stereocenters. The third-order valence-electron chi connectivity index (χ3n) is 4.84. The number of nitrogens with zero attached hydrogens (tertiary/aromatic N) is 1. The van der Waals surface area contributed by atoms with Gasteiger partial charge < -0.3 is 9.47 Å². The predicted molar refractivity (Wildman–Crippen MR) is 131 cm³/mol. The van der Waals surface area contributed by atoms with Gasteiger partial charge in [0.2, 0.25) is 0 Å². The van der Waals surface area contributed by atoms with E-state index in [1.54, 1.807) is 36.4 Å². The SMILES string of the molecule is CCOc1cc(/C=C2/C(=O)NN(c3ccccc3)C2=O)cc(Cl)c1OCc1ccc(Br)cc1. The second-order valence-electron chi connectivity index (χ2n) is 7.15. The fourth-order valence-electron chi connectivity index (χ4n) is 3.29. The van der Waals surface area contributed by atoms with Gasteiger partial charge >= 0.3 is 0 Å². The number of hydrogen-bond donors (Lipinski definition) is 1. The number of carbonyl (C=O) groups excluding carboxylic acids is 2. The molecule has 8 heteroatoms. The average Bonchev–Trinajstić information content (AvgIpc) is 3.09. The van der Waals surface area contributed by atoms with E-state index in [-0.39, 0.29) is 5.57 Å². The van der Waals surface area contributed by atoms with Gasteiger partial charge in [-0.25, -0.2) is 5.01 Å². The fraction of sp³-hybridized carbons (Fsp3) is 0.120. The van der Waals surface area contributed by atoms with E-state index in [0.29, 0.717) is 41.0 Å². The van der Waals surface area contributed by atoms with Crippen LogP contribution < -0.4 is 19.9 Å². The molecule has 0 aliphatic carbocycles. The lowest BCUT2D eigenvalue weighted by Crippen LogP contribution is -2.35. The molecule has 0 bridgehead atoms. The van der Waals surface area contributed by atoms with Crippen LogP contribution in [0.3, 0.4) is 0 Å². The minimum atomic E-state index is -0.492. The summed E-state index contributed by atoms with van der Waals surface area (Å²) in [5.74, 6) is -0.110. The van der Waals surface area contributed by atoms with Gasteiger partial charge in [-0.1, -0.05) is 57.9 Å². The molecule has 4 rings (SSSR count). The molecule has 3 aromatic rings. The number of anilines is 1. The smallest absolute Gasteiger partial charge is 0.282 e. The zero-order valence-corrected chi connectivity index (χ0v) is 20.0. The van der Waals surface area contributed by atoms with Crippen LogP contribution in [-0.4, -0.2) is 18.4 Å². The number of para-hydroxylation sites is 1. The summed E-state index contributed by atoms with van der Waals surface area (Å²) in [6.45, 7) is 2.55. The van der Waals surface area contributed by atoms with Crippen LogP contribution in [0, 0.1) is 0 Å². The van der Waals surface area contributed by atoms with Gasteiger partial charge in [0.25, 0.3) is 11.8 Å². The van der Waals surface area contributed by atoms with Crippen molar-refractivity contribution in [1.82, 2.24) is 5.43 Å². The molecular formula is C25H20BrClN2O4. The van der Waals surface area contributed by atoms with Crippen molar-refractivity contribution in [2.24, 2.45) is 0 Å². The third kappa shape index (κ3) is 5.21. The van der Waals surface area contributed by atoms with E-state index in [4.69, 9.17) is 21.1 Å². The number of amides is 2. The van der Waals surface area contributed by atoms with E-state index in [1.807, 2.05) is 37.3 Å². The monoisotopic (exact) mass is 526 g/mol. The lowest BCUT2D eigenvalue weighted by Gasteiger charge is -2.15. The molecule has 33 heavy (non-hydrogen) atoms. The Labute approximate surface area is 204 Å². The molecule has 0 radical (unpaired) electrons. The first-order chi connectivity index (χ1) is 16.0. The maximum absolute atomic E-state index is 12.8. The van der Waals surface area contributed by atoms with Gasteiger partial charge in [-0.15, -0.1) is 0 Å². The molecule has 1 heterocycles. The number of nitrogens with one attached hydrogen (secondary N) is 1. The lowest BCUT2D eigenvalue weighted by atomic mass is 10.1. The van der Waals surface area contributed by atoms with Crippen molar-refractivity contribution in [2.75, 3.05) is 11.6 Å². The number of hydrazine groups is 1. The molecule has 1 N–H and O–H groups in total. The minimum absolute atomic E-state index is 0.000832. The van der Waals surface area contributed by atoms with Gasteiger partial charge in [-0.3, -0.25) is 15.0 Å². The second kappa shape index (κ2) is 10.1. The first-order valence-electron chi connectivity index (χ1n) is 10.2. The highest BCUT2D eigenvalue weighted by Gasteiger charge is 2.34. The van der Waals surface area contributed by atoms with Crippen molar-refractivity contribution >= 4 is 51.1 Å². The van der Waals surface area contributed by atoms with Gasteiger partial charge in [-0.2, -0.15) is 0 Å². The van der Waals surface area contributed by atoms with E-state index in [2.05, 4.69) is 21.4 Å². The Kier molecular flexibility index (Phi) is 7.01. The Hall–Kier alpha value is -3.29. The van der Waals surface area contributed by atoms with Crippen molar-refractivity contribution in [2.45, 2.75) is 13.5 Å². The number of carbonyl (C=O) groups is 2. The summed E-state index contributed by atoms with van der Waals surface area (Å²) in [6.07, 6.45) is 1.49. The Morgan fingerprint density at radius 2 is 1.76 bits per heavy atom. The normalized spacial score (nSPS) is 14.5. The van der Waals surface area contributed by atoms with E-state index in [9.17, 15) is 9.59 Å². The first kappa shape index (κ1) is 22.9. The fourth-order valence-corrected chi connectivity index (χ4v) is 3.83. The Morgan fingerprint density at radius 1 is 1.03 bits per heavy atom. The van der Waals surface area contributed by atoms with Crippen molar-refractivity contribution in [3.05, 3.63) is 92.9 Å². The average molecular weight is 528 g/mol. The van der Waals surface area contributed by atoms with E-state index in [1.165, 1.54) is 11.1 Å². The van der Waals surface area contributed by atoms with Crippen molar-refractivity contribution in [3.63, 3.8) is 0 Å². The van der Waals surface area contributed by atoms with Crippen LogP contribution in [0.15, 0.2) is 76.8 Å². The molecule has 0 unspecified atom stereocenters. The summed E-state index contributed by atoms with van der Waals surface area (Å²) in [5, 5.41) is 1.53. The number of rotatable bonds is 7. The standard InChI is InChI=1S/C25H20BrClN2O4/c1-2-32-22-14-17(13-21(27)23(22)33-15-16-8-10-18(26)11-9-16)12-20-24(30)28-29(25(20)31)19-6-4-3-5-7-19/h3-14H,2,15H2,1H3,(H,28,30)/b20-12-. The topological polar surface area (TPSA) is 67.9 Å². The van der Waals surface area contributed by atoms with Crippen LogP contribution in [0.25, 0.3) is 6.08 Å². The predicted octanol–water partition coefficient (Wildman–Crippen LogP) is 5.54. The largest absolute Gasteiger partial charge is 0.490 e. The van der Waals surface area contributed by atoms with E-state index >= 15 is 0 Å². The van der Waals surface area contributed by atoms with Gasteiger partial charge in [0.05, 0.1) is 17.3 Å². The summed E-state index contributed by atoms with van der Waals surface area (Å²) < 4.78 is 12.7. The molecule has 1 aliphatic rings. The molecule has 3 aromatic carbocycles. The van der Waals surface area contributed by atoms with Gasteiger partial charge in [0.1, 0.15) is 12.2 Å². The van der Waals surface area contributed by atoms with Crippen LogP contribution in [0.4, 0.5) is 5.69 Å². The Balaban J connectivity index is 1.60. The molecule has 1 saturated heterocycles. The minimum Gasteiger partial charge on any atom is -0.490 e. The lowest BCUT2D eigenvalue weighted by molar-refractivity contribution is -0.117. The third-order valence-corrected chi connectivity index (χ3v) is 5.65. The maximum Gasteiger partial charge on any atom is 0.282 e. The van der Waals surface area contributed by atoms with E-state index < -0.39 is 11.8 Å². The van der Waals surface area contributed by atoms with Crippen molar-refractivity contribution < 1.29 is 19.1 Å².